The Kier molecular flexibility index (Phi) is 5.59. The molecule has 0 saturated heterocycles. The van der Waals surface area contributed by atoms with E-state index in [4.69, 9.17) is 0 Å². The number of hydrogen-bond acceptors (Lipinski definition) is 3. The van der Waals surface area contributed by atoms with E-state index in [9.17, 15) is 18.0 Å². The predicted octanol–water partition coefficient (Wildman–Crippen LogP) is 5.83. The molecule has 0 unspecified atom stereocenters. The minimum Gasteiger partial charge on any atom is -0.300 e. The van der Waals surface area contributed by atoms with Crippen molar-refractivity contribution < 1.29 is 18.0 Å². The molecule has 0 fully saturated rings. The lowest BCUT2D eigenvalue weighted by atomic mass is 10.0. The average molecular weight is 423 g/mol. The number of benzene rings is 1. The Bertz CT molecular complexity index is 1240. The summed E-state index contributed by atoms with van der Waals surface area (Å²) in [4.78, 5) is 20.8. The lowest BCUT2D eigenvalue weighted by molar-refractivity contribution is -0.143. The van der Waals surface area contributed by atoms with Crippen LogP contribution in [0.2, 0.25) is 0 Å². The topological polar surface area (TPSA) is 47.3 Å². The number of halogens is 3. The predicted molar refractivity (Wildman–Crippen MR) is 113 cm³/mol. The van der Waals surface area contributed by atoms with Crippen LogP contribution in [0.3, 0.4) is 0 Å². The summed E-state index contributed by atoms with van der Waals surface area (Å²) >= 11 is 0. The van der Waals surface area contributed by atoms with E-state index >= 15 is 0 Å². The molecule has 0 spiro atoms. The molecule has 0 aliphatic heterocycles. The van der Waals surface area contributed by atoms with Crippen LogP contribution in [0.1, 0.15) is 24.0 Å². The number of aromatic nitrogens is 3. The molecule has 0 aliphatic rings. The molecule has 4 rings (SSSR count). The summed E-state index contributed by atoms with van der Waals surface area (Å²) in [7, 11) is 0. The monoisotopic (exact) mass is 423 g/mol. The van der Waals surface area contributed by atoms with Gasteiger partial charge in [0, 0.05) is 36.4 Å². The van der Waals surface area contributed by atoms with Crippen molar-refractivity contribution in [3.8, 4) is 22.5 Å². The van der Waals surface area contributed by atoms with Crippen molar-refractivity contribution in [1.82, 2.24) is 14.4 Å². The zero-order valence-electron chi connectivity index (χ0n) is 16.9. The van der Waals surface area contributed by atoms with Gasteiger partial charge in [0.25, 0.3) is 0 Å². The van der Waals surface area contributed by atoms with Gasteiger partial charge >= 0.3 is 6.18 Å². The van der Waals surface area contributed by atoms with Gasteiger partial charge < -0.3 is 0 Å². The second-order valence-corrected chi connectivity index (χ2v) is 7.54. The van der Waals surface area contributed by atoms with Crippen LogP contribution in [-0.2, 0) is 11.2 Å². The highest BCUT2D eigenvalue weighted by Gasteiger charge is 2.27. The number of ketones is 1. The van der Waals surface area contributed by atoms with Crippen LogP contribution in [0.15, 0.2) is 67.1 Å². The minimum atomic E-state index is -4.32. The summed E-state index contributed by atoms with van der Waals surface area (Å²) in [6, 6.07) is 15.1. The Morgan fingerprint density at radius 3 is 2.65 bits per heavy atom. The first-order chi connectivity index (χ1) is 14.8. The van der Waals surface area contributed by atoms with Gasteiger partial charge in [-0.2, -0.15) is 13.2 Å². The molecule has 4 nitrogen and oxygen atoms in total. The Hall–Kier alpha value is -3.48. The van der Waals surface area contributed by atoms with Gasteiger partial charge in [-0.05, 0) is 48.4 Å². The Balaban J connectivity index is 1.58. The van der Waals surface area contributed by atoms with E-state index in [0.717, 1.165) is 33.7 Å². The Morgan fingerprint density at radius 1 is 1.03 bits per heavy atom. The van der Waals surface area contributed by atoms with Crippen molar-refractivity contribution in [2.45, 2.75) is 32.4 Å². The van der Waals surface area contributed by atoms with E-state index in [-0.39, 0.29) is 6.42 Å². The van der Waals surface area contributed by atoms with Crippen LogP contribution in [0.4, 0.5) is 13.2 Å². The molecule has 3 aromatic heterocycles. The number of nitrogens with zero attached hydrogens (tertiary/aromatic N) is 3. The Labute approximate surface area is 177 Å². The fourth-order valence-electron chi connectivity index (χ4n) is 3.49. The van der Waals surface area contributed by atoms with Gasteiger partial charge in [0.15, 0.2) is 0 Å². The molecule has 0 aliphatic carbocycles. The molecular formula is C24H20F3N3O. The van der Waals surface area contributed by atoms with E-state index in [2.05, 4.69) is 9.97 Å². The number of pyridine rings is 2. The smallest absolute Gasteiger partial charge is 0.300 e. The maximum Gasteiger partial charge on any atom is 0.389 e. The number of carbonyl (C=O) groups is 1. The number of Topliss-reactive ketones (excluding diaryl/α,β-unsaturated/α-hetero) is 1. The van der Waals surface area contributed by atoms with Crippen LogP contribution in [0, 0.1) is 6.92 Å². The van der Waals surface area contributed by atoms with Crippen LogP contribution in [-0.4, -0.2) is 26.3 Å². The molecule has 4 aromatic rings. The number of carbonyl (C=O) groups excluding carboxylic acids is 1. The molecule has 0 radical (unpaired) electrons. The molecule has 158 valence electrons. The van der Waals surface area contributed by atoms with Crippen molar-refractivity contribution in [3.63, 3.8) is 0 Å². The van der Waals surface area contributed by atoms with Crippen LogP contribution in [0.5, 0.6) is 0 Å². The van der Waals surface area contributed by atoms with Gasteiger partial charge in [-0.15, -0.1) is 0 Å². The first-order valence-electron chi connectivity index (χ1n) is 9.86. The van der Waals surface area contributed by atoms with Gasteiger partial charge in [-0.3, -0.25) is 14.2 Å². The SMILES string of the molecule is Cc1ccnc(-c2ccn3c(-c4cccc(CC(=O)CCC(F)(F)F)c4)cnc3c2)c1. The maximum atomic E-state index is 12.3. The van der Waals surface area contributed by atoms with E-state index in [1.165, 1.54) is 0 Å². The molecule has 1 aromatic carbocycles. The molecule has 0 bridgehead atoms. The number of rotatable bonds is 6. The van der Waals surface area contributed by atoms with Crippen molar-refractivity contribution in [3.05, 3.63) is 78.2 Å². The molecule has 0 atom stereocenters. The Morgan fingerprint density at radius 2 is 1.87 bits per heavy atom. The molecule has 0 N–H and O–H groups in total. The highest BCUT2D eigenvalue weighted by atomic mass is 19.4. The second kappa shape index (κ2) is 8.34. The summed E-state index contributed by atoms with van der Waals surface area (Å²) in [5.41, 5.74) is 6.06. The third-order valence-electron chi connectivity index (χ3n) is 5.04. The first-order valence-corrected chi connectivity index (χ1v) is 9.86. The second-order valence-electron chi connectivity index (χ2n) is 7.54. The largest absolute Gasteiger partial charge is 0.389 e. The number of aryl methyl sites for hydroxylation is 1. The zero-order valence-corrected chi connectivity index (χ0v) is 16.9. The summed E-state index contributed by atoms with van der Waals surface area (Å²) < 4.78 is 39.0. The highest BCUT2D eigenvalue weighted by Crippen LogP contribution is 2.26. The lowest BCUT2D eigenvalue weighted by Crippen LogP contribution is -2.12. The first kappa shape index (κ1) is 20.8. The van der Waals surface area contributed by atoms with Crippen LogP contribution < -0.4 is 0 Å². The normalized spacial score (nSPS) is 11.7. The van der Waals surface area contributed by atoms with Crippen molar-refractivity contribution in [2.75, 3.05) is 0 Å². The third-order valence-corrected chi connectivity index (χ3v) is 5.04. The quantitative estimate of drug-likeness (QED) is 0.392. The van der Waals surface area contributed by atoms with Crippen molar-refractivity contribution in [1.29, 1.82) is 0 Å². The number of fused-ring (bicyclic) bond motifs is 1. The number of imidazole rings is 1. The van der Waals surface area contributed by atoms with Gasteiger partial charge in [0.1, 0.15) is 11.4 Å². The summed E-state index contributed by atoms with van der Waals surface area (Å²) in [6.45, 7) is 2.01. The van der Waals surface area contributed by atoms with Gasteiger partial charge in [-0.25, -0.2) is 4.98 Å². The summed E-state index contributed by atoms with van der Waals surface area (Å²) in [6.07, 6.45) is -0.500. The average Bonchev–Trinajstić information content (AvgIpc) is 3.15. The number of alkyl halides is 3. The molecule has 0 amide bonds. The van der Waals surface area contributed by atoms with Crippen molar-refractivity contribution >= 4 is 11.4 Å². The highest BCUT2D eigenvalue weighted by molar-refractivity contribution is 5.81. The minimum absolute atomic E-state index is 0.0240. The molecular weight excluding hydrogens is 403 g/mol. The lowest BCUT2D eigenvalue weighted by Gasteiger charge is -2.08. The molecule has 31 heavy (non-hydrogen) atoms. The fraction of sp³-hybridized carbons (Fsp3) is 0.208. The van der Waals surface area contributed by atoms with E-state index in [1.54, 1.807) is 24.5 Å². The summed E-state index contributed by atoms with van der Waals surface area (Å²) in [5, 5.41) is 0. The number of hydrogen-bond donors (Lipinski definition) is 0. The standard InChI is InChI=1S/C24H20F3N3O/c1-16-6-9-28-21(11-16)18-7-10-30-22(15-29-23(30)14-18)19-4-2-3-17(12-19)13-20(31)5-8-24(25,26)27/h2-4,6-7,9-12,14-15H,5,8,13H2,1H3. The summed E-state index contributed by atoms with van der Waals surface area (Å²) in [5.74, 6) is -0.428. The van der Waals surface area contributed by atoms with Gasteiger partial charge in [0.2, 0.25) is 0 Å². The molecule has 0 saturated carbocycles. The van der Waals surface area contributed by atoms with Crippen LogP contribution in [0.25, 0.3) is 28.2 Å². The third kappa shape index (κ3) is 4.99. The van der Waals surface area contributed by atoms with E-state index in [0.29, 0.717) is 5.56 Å². The van der Waals surface area contributed by atoms with Gasteiger partial charge in [-0.1, -0.05) is 18.2 Å². The molecule has 3 heterocycles. The zero-order chi connectivity index (χ0) is 22.0. The van der Waals surface area contributed by atoms with Crippen molar-refractivity contribution in [2.24, 2.45) is 0 Å². The van der Waals surface area contributed by atoms with E-state index < -0.39 is 24.8 Å². The fourth-order valence-corrected chi connectivity index (χ4v) is 3.49. The maximum absolute atomic E-state index is 12.3. The van der Waals surface area contributed by atoms with Gasteiger partial charge in [0.05, 0.1) is 24.0 Å². The van der Waals surface area contributed by atoms with E-state index in [1.807, 2.05) is 53.9 Å². The molecule has 7 heteroatoms. The van der Waals surface area contributed by atoms with Crippen LogP contribution >= 0.6 is 0 Å².